The van der Waals surface area contributed by atoms with Crippen molar-refractivity contribution in [2.45, 2.75) is 25.5 Å². The van der Waals surface area contributed by atoms with E-state index in [4.69, 9.17) is 4.74 Å². The van der Waals surface area contributed by atoms with Crippen molar-refractivity contribution in [3.8, 4) is 0 Å². The number of ether oxygens (including phenoxy) is 1. The van der Waals surface area contributed by atoms with E-state index in [0.717, 1.165) is 24.3 Å². The maximum absolute atomic E-state index is 15.0. The van der Waals surface area contributed by atoms with Gasteiger partial charge >= 0.3 is 17.9 Å². The van der Waals surface area contributed by atoms with Gasteiger partial charge in [-0.05, 0) is 47.1 Å². The summed E-state index contributed by atoms with van der Waals surface area (Å²) >= 11 is 0. The summed E-state index contributed by atoms with van der Waals surface area (Å²) in [5.74, 6) is -5.80. The van der Waals surface area contributed by atoms with E-state index in [1.807, 2.05) is 0 Å². The van der Waals surface area contributed by atoms with Crippen LogP contribution in [0.5, 0.6) is 0 Å². The predicted molar refractivity (Wildman–Crippen MR) is 202 cm³/mol. The first-order valence-corrected chi connectivity index (χ1v) is 18.6. The van der Waals surface area contributed by atoms with Crippen LogP contribution in [0.15, 0.2) is 140 Å². The second kappa shape index (κ2) is 15.6. The molecule has 1 saturated heterocycles. The Morgan fingerprint density at radius 3 is 1.61 bits per heavy atom. The van der Waals surface area contributed by atoms with Crippen LogP contribution < -0.4 is 15.9 Å². The lowest BCUT2D eigenvalue weighted by molar-refractivity contribution is -0.384. The number of non-ortho nitro benzene ring substituents is 1. The summed E-state index contributed by atoms with van der Waals surface area (Å²) in [6, 6.07) is 35.5. The zero-order valence-corrected chi connectivity index (χ0v) is 29.6. The maximum atomic E-state index is 15.0. The van der Waals surface area contributed by atoms with Crippen molar-refractivity contribution >= 4 is 63.5 Å². The number of aliphatic hydroxyl groups is 1. The Morgan fingerprint density at radius 1 is 0.741 bits per heavy atom. The number of hydrogen-bond acceptors (Lipinski definition) is 9. The molecule has 0 radical (unpaired) electrons. The zero-order valence-electron chi connectivity index (χ0n) is 28.7. The average molecular weight is 745 g/mol. The number of aromatic carboxylic acids is 1. The first-order chi connectivity index (χ1) is 25.9. The van der Waals surface area contributed by atoms with Crippen molar-refractivity contribution in [1.82, 2.24) is 4.90 Å². The van der Waals surface area contributed by atoms with E-state index in [9.17, 15) is 44.3 Å². The first-order valence-electron chi connectivity index (χ1n) is 16.8. The van der Waals surface area contributed by atoms with Gasteiger partial charge in [-0.15, -0.1) is 0 Å². The number of Topliss-reactive ketones (excluding diaryl/α,β-unsaturated/α-hetero) is 1. The lowest BCUT2D eigenvalue weighted by Crippen LogP contribution is -2.68. The number of nitrogens with zero attached hydrogens (tertiary/aromatic N) is 2. The van der Waals surface area contributed by atoms with Crippen LogP contribution in [-0.2, 0) is 14.3 Å². The highest BCUT2D eigenvalue weighted by Crippen LogP contribution is 2.50. The monoisotopic (exact) mass is 744 g/mol. The van der Waals surface area contributed by atoms with Crippen LogP contribution in [0.3, 0.4) is 0 Å². The second-order valence-corrected chi connectivity index (χ2v) is 15.8. The number of aliphatic hydroxyl groups excluding tert-OH is 1. The summed E-state index contributed by atoms with van der Waals surface area (Å²) in [4.78, 5) is 80.1. The summed E-state index contributed by atoms with van der Waals surface area (Å²) in [5.41, 5.74) is -0.552. The van der Waals surface area contributed by atoms with Gasteiger partial charge in [0.15, 0.2) is 5.78 Å². The molecule has 5 aromatic carbocycles. The van der Waals surface area contributed by atoms with Crippen LogP contribution in [-0.4, -0.2) is 67.2 Å². The minimum absolute atomic E-state index is 0.0342. The molecule has 3 atom stereocenters. The van der Waals surface area contributed by atoms with Crippen LogP contribution in [0.25, 0.3) is 0 Å². The summed E-state index contributed by atoms with van der Waals surface area (Å²) in [6.07, 6.45) is -1.63. The molecule has 13 heteroatoms. The Hall–Kier alpha value is -6.49. The molecule has 1 fully saturated rings. The Labute approximate surface area is 309 Å². The van der Waals surface area contributed by atoms with E-state index < -0.39 is 59.5 Å². The molecule has 2 N–H and O–H groups in total. The highest BCUT2D eigenvalue weighted by Gasteiger charge is 2.56. The molecule has 1 aliphatic rings. The van der Waals surface area contributed by atoms with Gasteiger partial charge in [0, 0.05) is 31.0 Å². The van der Waals surface area contributed by atoms with E-state index in [-0.39, 0.29) is 34.2 Å². The van der Waals surface area contributed by atoms with Crippen molar-refractivity contribution in [3.05, 3.63) is 166 Å². The van der Waals surface area contributed by atoms with E-state index in [1.165, 1.54) is 36.1 Å². The van der Waals surface area contributed by atoms with Crippen molar-refractivity contribution in [2.75, 3.05) is 0 Å². The standard InChI is InChI=1S/C41H33N2O10P/c1-26(44)36-34(25-35(45)27-17-19-28(20-18-27)39(47)48)42(37(36)46)38(41(50)53-40(49)29-21-23-30(24-22-29)43(51)52)54(31-11-5-2-6-12-31,32-13-7-3-8-14-32)33-15-9-4-10-16-33/h2-24,26,34,36,44H,25H2,1H3,(H,47,48). The van der Waals surface area contributed by atoms with Crippen molar-refractivity contribution in [1.29, 1.82) is 0 Å². The number of likely N-dealkylation sites (tertiary alicyclic amines) is 1. The first kappa shape index (κ1) is 37.3. The van der Waals surface area contributed by atoms with E-state index in [1.54, 1.807) is 91.0 Å². The number of benzene rings is 5. The molecule has 3 unspecified atom stereocenters. The van der Waals surface area contributed by atoms with Crippen LogP contribution in [0, 0.1) is 16.0 Å². The van der Waals surface area contributed by atoms with Gasteiger partial charge in [0.05, 0.1) is 34.1 Å². The normalized spacial score (nSPS) is 15.7. The largest absolute Gasteiger partial charge is 0.478 e. The summed E-state index contributed by atoms with van der Waals surface area (Å²) in [6.45, 7) is -2.12. The van der Waals surface area contributed by atoms with Crippen LogP contribution in [0.4, 0.5) is 5.69 Å². The summed E-state index contributed by atoms with van der Waals surface area (Å²) in [5, 5.41) is 33.3. The number of hydrogen-bond donors (Lipinski definition) is 2. The quantitative estimate of drug-likeness (QED) is 0.0349. The third-order valence-electron chi connectivity index (χ3n) is 9.30. The minimum atomic E-state index is -3.53. The number of ketones is 1. The number of amides is 1. The smallest absolute Gasteiger partial charge is 0.363 e. The number of β-lactam (4-membered cyclic amide) rings is 1. The van der Waals surface area contributed by atoms with Crippen LogP contribution in [0.2, 0.25) is 0 Å². The average Bonchev–Trinajstić information content (AvgIpc) is 3.18. The molecule has 1 heterocycles. The number of nitro benzene ring substituents is 1. The molecule has 272 valence electrons. The van der Waals surface area contributed by atoms with E-state index >= 15 is 0 Å². The number of carboxylic acids is 1. The molecule has 0 aromatic heterocycles. The Morgan fingerprint density at radius 2 is 1.19 bits per heavy atom. The Balaban J connectivity index is 1.62. The van der Waals surface area contributed by atoms with Crippen LogP contribution >= 0.6 is 6.89 Å². The number of esters is 2. The van der Waals surface area contributed by atoms with E-state index in [0.29, 0.717) is 15.9 Å². The molecule has 1 amide bonds. The number of carbonyl (C=O) groups excluding carboxylic acids is 4. The zero-order chi connectivity index (χ0) is 38.6. The van der Waals surface area contributed by atoms with Gasteiger partial charge in [-0.1, -0.05) is 103 Å². The number of carbonyl (C=O) groups is 5. The third kappa shape index (κ3) is 7.00. The lowest BCUT2D eigenvalue weighted by atomic mass is 9.79. The Bertz CT molecular complexity index is 2190. The van der Waals surface area contributed by atoms with E-state index in [2.05, 4.69) is 0 Å². The fourth-order valence-corrected chi connectivity index (χ4v) is 11.1. The molecule has 0 saturated carbocycles. The lowest BCUT2D eigenvalue weighted by Gasteiger charge is -2.50. The van der Waals surface area contributed by atoms with Crippen LogP contribution in [0.1, 0.15) is 44.4 Å². The van der Waals surface area contributed by atoms with Gasteiger partial charge < -0.3 is 19.8 Å². The van der Waals surface area contributed by atoms with Gasteiger partial charge in [-0.2, -0.15) is 0 Å². The van der Waals surface area contributed by atoms with Gasteiger partial charge in [0.2, 0.25) is 5.91 Å². The van der Waals surface area contributed by atoms with Gasteiger partial charge in [0.25, 0.3) is 5.69 Å². The molecule has 0 aliphatic carbocycles. The fraction of sp³-hybridized carbons (Fsp3) is 0.122. The number of rotatable bonds is 12. The topological polar surface area (TPSA) is 181 Å². The van der Waals surface area contributed by atoms with Crippen molar-refractivity contribution < 1.29 is 43.8 Å². The molecule has 0 spiro atoms. The molecular weight excluding hydrogens is 711 g/mol. The molecule has 0 bridgehead atoms. The predicted octanol–water partition coefficient (Wildman–Crippen LogP) is 4.58. The molecule has 6 rings (SSSR count). The molecular formula is C41H33N2O10P. The van der Waals surface area contributed by atoms with Crippen molar-refractivity contribution in [2.24, 2.45) is 5.92 Å². The van der Waals surface area contributed by atoms with Gasteiger partial charge in [-0.3, -0.25) is 19.7 Å². The molecule has 5 aromatic rings. The molecule has 12 nitrogen and oxygen atoms in total. The van der Waals surface area contributed by atoms with Gasteiger partial charge in [0.1, 0.15) is 5.42 Å². The SMILES string of the molecule is CC(O)C1C(=O)N(C(C(=O)OC(=O)c2ccc([N+](=O)[O-])cc2)=P(c2ccccc2)(c2ccccc2)c2ccccc2)C1CC(=O)c1ccc(C(=O)O)cc1. The fourth-order valence-electron chi connectivity index (χ4n) is 6.75. The third-order valence-corrected chi connectivity index (χ3v) is 13.5. The summed E-state index contributed by atoms with van der Waals surface area (Å²) in [7, 11) is 0. The number of carboxylic acid groups (broad SMARTS) is 1. The highest BCUT2D eigenvalue weighted by atomic mass is 31.2. The molecule has 54 heavy (non-hydrogen) atoms. The Kier molecular flexibility index (Phi) is 10.8. The second-order valence-electron chi connectivity index (χ2n) is 12.5. The highest BCUT2D eigenvalue weighted by molar-refractivity contribution is 7.96. The maximum Gasteiger partial charge on any atom is 0.363 e. The number of nitro groups is 1. The summed E-state index contributed by atoms with van der Waals surface area (Å²) < 4.78 is 5.59. The van der Waals surface area contributed by atoms with Crippen molar-refractivity contribution in [3.63, 3.8) is 0 Å². The minimum Gasteiger partial charge on any atom is -0.478 e. The van der Waals surface area contributed by atoms with Gasteiger partial charge in [-0.25, -0.2) is 14.4 Å². The molecule has 1 aliphatic heterocycles.